The molecule has 0 saturated heterocycles. The standard InChI is InChI=1S/C17H19NO2S/c1-2-21(20)16-11-7-6-10-15(16)17(19)18-13-12-14-8-4-3-5-9-14/h3-11H,2,12-13H2,1H3,(H,18,19)/t21-/m0/s1. The number of hydrogen-bond donors (Lipinski definition) is 1. The van der Waals surface area contributed by atoms with Crippen molar-refractivity contribution in [1.29, 1.82) is 0 Å². The van der Waals surface area contributed by atoms with E-state index in [1.165, 1.54) is 5.56 Å². The SMILES string of the molecule is CC[S@](=O)c1ccccc1C(=O)NCCc1ccccc1. The quantitative estimate of drug-likeness (QED) is 0.892. The third-order valence-electron chi connectivity index (χ3n) is 3.18. The highest BCUT2D eigenvalue weighted by Crippen LogP contribution is 2.13. The molecule has 0 aliphatic heterocycles. The highest BCUT2D eigenvalue weighted by molar-refractivity contribution is 7.85. The van der Waals surface area contributed by atoms with Crippen molar-refractivity contribution in [3.8, 4) is 0 Å². The highest BCUT2D eigenvalue weighted by atomic mass is 32.2. The van der Waals surface area contributed by atoms with Crippen molar-refractivity contribution < 1.29 is 9.00 Å². The van der Waals surface area contributed by atoms with Gasteiger partial charge in [-0.25, -0.2) is 0 Å². The van der Waals surface area contributed by atoms with Gasteiger partial charge in [0.1, 0.15) is 0 Å². The Balaban J connectivity index is 1.99. The summed E-state index contributed by atoms with van der Waals surface area (Å²) in [4.78, 5) is 12.8. The molecule has 2 rings (SSSR count). The van der Waals surface area contributed by atoms with Gasteiger partial charge in [-0.3, -0.25) is 9.00 Å². The molecule has 0 bridgehead atoms. The maximum absolute atomic E-state index is 12.2. The minimum Gasteiger partial charge on any atom is -0.352 e. The summed E-state index contributed by atoms with van der Waals surface area (Å²) in [6, 6.07) is 17.1. The molecule has 2 aromatic carbocycles. The van der Waals surface area contributed by atoms with E-state index >= 15 is 0 Å². The second-order valence-corrected chi connectivity index (χ2v) is 6.33. The lowest BCUT2D eigenvalue weighted by Crippen LogP contribution is -2.26. The van der Waals surface area contributed by atoms with Crippen LogP contribution in [-0.4, -0.2) is 22.4 Å². The second-order valence-electron chi connectivity index (χ2n) is 4.62. The molecule has 0 aliphatic rings. The number of benzene rings is 2. The Morgan fingerprint density at radius 1 is 1.05 bits per heavy atom. The summed E-state index contributed by atoms with van der Waals surface area (Å²) in [6.07, 6.45) is 0.783. The molecule has 1 N–H and O–H groups in total. The van der Waals surface area contributed by atoms with Gasteiger partial charge in [-0.15, -0.1) is 0 Å². The van der Waals surface area contributed by atoms with Gasteiger partial charge in [0, 0.05) is 12.3 Å². The lowest BCUT2D eigenvalue weighted by Gasteiger charge is -2.09. The van der Waals surface area contributed by atoms with E-state index in [1.54, 1.807) is 18.2 Å². The Labute approximate surface area is 127 Å². The van der Waals surface area contributed by atoms with Crippen molar-refractivity contribution in [2.75, 3.05) is 12.3 Å². The molecule has 1 atom stereocenters. The zero-order chi connectivity index (χ0) is 15.1. The largest absolute Gasteiger partial charge is 0.352 e. The highest BCUT2D eigenvalue weighted by Gasteiger charge is 2.13. The molecule has 0 aliphatic carbocycles. The van der Waals surface area contributed by atoms with Crippen LogP contribution < -0.4 is 5.32 Å². The molecule has 0 saturated carbocycles. The summed E-state index contributed by atoms with van der Waals surface area (Å²) in [7, 11) is -1.12. The predicted molar refractivity (Wildman–Crippen MR) is 85.9 cm³/mol. The minimum atomic E-state index is -1.12. The average molecular weight is 301 g/mol. The van der Waals surface area contributed by atoms with Gasteiger partial charge in [-0.2, -0.15) is 0 Å². The smallest absolute Gasteiger partial charge is 0.252 e. The molecular formula is C17H19NO2S. The van der Waals surface area contributed by atoms with Crippen molar-refractivity contribution >= 4 is 16.7 Å². The van der Waals surface area contributed by atoms with E-state index in [9.17, 15) is 9.00 Å². The van der Waals surface area contributed by atoms with Crippen LogP contribution in [0.2, 0.25) is 0 Å². The molecule has 1 amide bonds. The molecule has 3 nitrogen and oxygen atoms in total. The van der Waals surface area contributed by atoms with Gasteiger partial charge in [0.05, 0.1) is 21.3 Å². The van der Waals surface area contributed by atoms with E-state index in [4.69, 9.17) is 0 Å². The zero-order valence-electron chi connectivity index (χ0n) is 12.0. The Hall–Kier alpha value is -1.94. The molecule has 2 aromatic rings. The first-order chi connectivity index (χ1) is 10.2. The van der Waals surface area contributed by atoms with Gasteiger partial charge >= 0.3 is 0 Å². The number of carbonyl (C=O) groups is 1. The maximum Gasteiger partial charge on any atom is 0.252 e. The summed E-state index contributed by atoms with van der Waals surface area (Å²) in [5.74, 6) is 0.345. The number of nitrogens with one attached hydrogen (secondary N) is 1. The van der Waals surface area contributed by atoms with Crippen molar-refractivity contribution in [2.45, 2.75) is 18.2 Å². The monoisotopic (exact) mass is 301 g/mol. The summed E-state index contributed by atoms with van der Waals surface area (Å²) in [6.45, 7) is 2.41. The fourth-order valence-electron chi connectivity index (χ4n) is 2.07. The molecule has 4 heteroatoms. The fourth-order valence-corrected chi connectivity index (χ4v) is 3.02. The molecule has 0 radical (unpaired) electrons. The summed E-state index contributed by atoms with van der Waals surface area (Å²) in [5, 5.41) is 2.89. The third kappa shape index (κ3) is 4.26. The van der Waals surface area contributed by atoms with Gasteiger partial charge in [0.25, 0.3) is 5.91 Å². The van der Waals surface area contributed by atoms with E-state index in [0.717, 1.165) is 6.42 Å². The fraction of sp³-hybridized carbons (Fsp3) is 0.235. The maximum atomic E-state index is 12.2. The predicted octanol–water partition coefficient (Wildman–Crippen LogP) is 2.79. The van der Waals surface area contributed by atoms with Crippen molar-refractivity contribution in [3.63, 3.8) is 0 Å². The molecule has 110 valence electrons. The van der Waals surface area contributed by atoms with Crippen LogP contribution in [0, 0.1) is 0 Å². The van der Waals surface area contributed by atoms with Gasteiger partial charge in [0.2, 0.25) is 0 Å². The van der Waals surface area contributed by atoms with Gasteiger partial charge in [-0.05, 0) is 24.1 Å². The van der Waals surface area contributed by atoms with E-state index in [2.05, 4.69) is 5.32 Å². The molecule has 0 spiro atoms. The van der Waals surface area contributed by atoms with Crippen LogP contribution in [-0.2, 0) is 17.2 Å². The third-order valence-corrected chi connectivity index (χ3v) is 4.55. The van der Waals surface area contributed by atoms with E-state index < -0.39 is 10.8 Å². The first-order valence-corrected chi connectivity index (χ1v) is 8.33. The van der Waals surface area contributed by atoms with E-state index in [1.807, 2.05) is 43.3 Å². The Bertz CT molecular complexity index is 626. The Morgan fingerprint density at radius 3 is 2.43 bits per heavy atom. The van der Waals surface area contributed by atoms with Crippen LogP contribution in [0.4, 0.5) is 0 Å². The van der Waals surface area contributed by atoms with E-state index in [0.29, 0.717) is 22.8 Å². The van der Waals surface area contributed by atoms with Crippen LogP contribution in [0.15, 0.2) is 59.5 Å². The van der Waals surface area contributed by atoms with Gasteiger partial charge in [0.15, 0.2) is 0 Å². The first-order valence-electron chi connectivity index (χ1n) is 7.02. The van der Waals surface area contributed by atoms with Gasteiger partial charge < -0.3 is 5.32 Å². The average Bonchev–Trinajstić information content (AvgIpc) is 2.55. The first kappa shape index (κ1) is 15.4. The number of hydrogen-bond acceptors (Lipinski definition) is 2. The van der Waals surface area contributed by atoms with Crippen LogP contribution in [0.25, 0.3) is 0 Å². The summed E-state index contributed by atoms with van der Waals surface area (Å²) < 4.78 is 12.0. The lowest BCUT2D eigenvalue weighted by atomic mass is 10.1. The zero-order valence-corrected chi connectivity index (χ0v) is 12.9. The van der Waals surface area contributed by atoms with E-state index in [-0.39, 0.29) is 5.91 Å². The number of rotatable bonds is 6. The van der Waals surface area contributed by atoms with Crippen LogP contribution in [0.3, 0.4) is 0 Å². The van der Waals surface area contributed by atoms with Crippen LogP contribution in [0.1, 0.15) is 22.8 Å². The second kappa shape index (κ2) is 7.74. The number of carbonyl (C=O) groups excluding carboxylic acids is 1. The molecule has 0 heterocycles. The van der Waals surface area contributed by atoms with Gasteiger partial charge in [-0.1, -0.05) is 49.4 Å². The Morgan fingerprint density at radius 2 is 1.71 bits per heavy atom. The van der Waals surface area contributed by atoms with Crippen LogP contribution >= 0.6 is 0 Å². The summed E-state index contributed by atoms with van der Waals surface area (Å²) in [5.41, 5.74) is 1.69. The topological polar surface area (TPSA) is 46.2 Å². The summed E-state index contributed by atoms with van der Waals surface area (Å²) >= 11 is 0. The minimum absolute atomic E-state index is 0.164. The molecule has 0 aromatic heterocycles. The number of amides is 1. The normalized spacial score (nSPS) is 11.9. The van der Waals surface area contributed by atoms with Crippen molar-refractivity contribution in [1.82, 2.24) is 5.32 Å². The lowest BCUT2D eigenvalue weighted by molar-refractivity contribution is 0.0951. The molecule has 21 heavy (non-hydrogen) atoms. The molecule has 0 unspecified atom stereocenters. The molecule has 0 fully saturated rings. The van der Waals surface area contributed by atoms with Crippen molar-refractivity contribution in [2.24, 2.45) is 0 Å². The Kier molecular flexibility index (Phi) is 5.69. The molecular weight excluding hydrogens is 282 g/mol. The van der Waals surface area contributed by atoms with Crippen molar-refractivity contribution in [3.05, 3.63) is 65.7 Å². The van der Waals surface area contributed by atoms with Crippen LogP contribution in [0.5, 0.6) is 0 Å².